The molecule has 1 rings (SSSR count). The standard InChI is InChI=1S/C16H23N3O2/c1-3-14-6-4-7-15(12-14)18-16(20)13-19(9-5-8-17)10-11-21-2/h4,6-7,12H,3,5,9-11,13H2,1-2H3,(H,18,20). The van der Waals surface area contributed by atoms with Crippen molar-refractivity contribution in [3.63, 3.8) is 0 Å². The van der Waals surface area contributed by atoms with Gasteiger partial charge in [-0.05, 0) is 24.1 Å². The number of carbonyl (C=O) groups excluding carboxylic acids is 1. The lowest BCUT2D eigenvalue weighted by Gasteiger charge is -2.20. The van der Waals surface area contributed by atoms with Gasteiger partial charge >= 0.3 is 0 Å². The smallest absolute Gasteiger partial charge is 0.238 e. The summed E-state index contributed by atoms with van der Waals surface area (Å²) in [5, 5.41) is 11.6. The monoisotopic (exact) mass is 289 g/mol. The number of aryl methyl sites for hydroxylation is 1. The zero-order chi connectivity index (χ0) is 15.5. The normalized spacial score (nSPS) is 10.4. The van der Waals surface area contributed by atoms with Crippen molar-refractivity contribution >= 4 is 11.6 Å². The first-order chi connectivity index (χ1) is 10.2. The first-order valence-electron chi connectivity index (χ1n) is 7.16. The van der Waals surface area contributed by atoms with Crippen LogP contribution in [0.1, 0.15) is 18.9 Å². The Kier molecular flexibility index (Phi) is 8.10. The maximum Gasteiger partial charge on any atom is 0.238 e. The molecular weight excluding hydrogens is 266 g/mol. The van der Waals surface area contributed by atoms with Crippen molar-refractivity contribution in [1.29, 1.82) is 5.26 Å². The van der Waals surface area contributed by atoms with Crippen LogP contribution in [-0.4, -0.2) is 44.2 Å². The Hall–Kier alpha value is -1.90. The topological polar surface area (TPSA) is 65.4 Å². The van der Waals surface area contributed by atoms with Gasteiger partial charge in [0.2, 0.25) is 5.91 Å². The van der Waals surface area contributed by atoms with Crippen molar-refractivity contribution in [3.05, 3.63) is 29.8 Å². The first kappa shape index (κ1) is 17.2. The van der Waals surface area contributed by atoms with E-state index in [0.717, 1.165) is 12.1 Å². The first-order valence-corrected chi connectivity index (χ1v) is 7.16. The van der Waals surface area contributed by atoms with Crippen LogP contribution in [0.4, 0.5) is 5.69 Å². The molecule has 0 unspecified atom stereocenters. The maximum atomic E-state index is 12.1. The molecule has 0 heterocycles. The minimum Gasteiger partial charge on any atom is -0.383 e. The molecule has 0 saturated carbocycles. The van der Waals surface area contributed by atoms with Gasteiger partial charge in [-0.2, -0.15) is 5.26 Å². The highest BCUT2D eigenvalue weighted by Crippen LogP contribution is 2.11. The van der Waals surface area contributed by atoms with Crippen LogP contribution in [0.5, 0.6) is 0 Å². The van der Waals surface area contributed by atoms with E-state index in [1.807, 2.05) is 29.2 Å². The summed E-state index contributed by atoms with van der Waals surface area (Å²) in [5.41, 5.74) is 2.00. The van der Waals surface area contributed by atoms with E-state index in [1.54, 1.807) is 7.11 Å². The van der Waals surface area contributed by atoms with Crippen LogP contribution in [0.25, 0.3) is 0 Å². The van der Waals surface area contributed by atoms with E-state index in [9.17, 15) is 4.79 Å². The van der Waals surface area contributed by atoms with E-state index < -0.39 is 0 Å². The van der Waals surface area contributed by atoms with Crippen molar-refractivity contribution in [3.8, 4) is 6.07 Å². The Morgan fingerprint density at radius 1 is 1.43 bits per heavy atom. The number of hydrogen-bond acceptors (Lipinski definition) is 4. The van der Waals surface area contributed by atoms with E-state index in [1.165, 1.54) is 5.56 Å². The Balaban J connectivity index is 2.53. The number of benzene rings is 1. The molecule has 5 nitrogen and oxygen atoms in total. The molecule has 1 aromatic carbocycles. The Bertz CT molecular complexity index is 483. The third kappa shape index (κ3) is 6.89. The third-order valence-corrected chi connectivity index (χ3v) is 3.14. The molecule has 0 aromatic heterocycles. The van der Waals surface area contributed by atoms with E-state index in [-0.39, 0.29) is 12.5 Å². The molecule has 0 bridgehead atoms. The highest BCUT2D eigenvalue weighted by atomic mass is 16.5. The van der Waals surface area contributed by atoms with Crippen molar-refractivity contribution in [1.82, 2.24) is 4.90 Å². The molecule has 1 amide bonds. The van der Waals surface area contributed by atoms with E-state index in [2.05, 4.69) is 18.3 Å². The molecule has 5 heteroatoms. The largest absolute Gasteiger partial charge is 0.383 e. The minimum atomic E-state index is -0.0719. The third-order valence-electron chi connectivity index (χ3n) is 3.14. The van der Waals surface area contributed by atoms with Gasteiger partial charge in [-0.15, -0.1) is 0 Å². The molecule has 0 fully saturated rings. The van der Waals surface area contributed by atoms with Crippen molar-refractivity contribution < 1.29 is 9.53 Å². The number of hydrogen-bond donors (Lipinski definition) is 1. The summed E-state index contributed by atoms with van der Waals surface area (Å²) in [6.07, 6.45) is 1.34. The number of rotatable bonds is 9. The van der Waals surface area contributed by atoms with E-state index >= 15 is 0 Å². The predicted octanol–water partition coefficient (Wildman–Crippen LogP) is 2.05. The zero-order valence-electron chi connectivity index (χ0n) is 12.8. The van der Waals surface area contributed by atoms with Crippen LogP contribution in [0.3, 0.4) is 0 Å². The number of amides is 1. The second-order valence-corrected chi connectivity index (χ2v) is 4.78. The SMILES string of the molecule is CCc1cccc(NC(=O)CN(CCC#N)CCOC)c1. The fourth-order valence-electron chi connectivity index (χ4n) is 1.97. The van der Waals surface area contributed by atoms with Gasteiger partial charge in [0, 0.05) is 32.3 Å². The lowest BCUT2D eigenvalue weighted by Crippen LogP contribution is -2.36. The Morgan fingerprint density at radius 2 is 2.24 bits per heavy atom. The molecule has 21 heavy (non-hydrogen) atoms. The Labute approximate surface area is 126 Å². The Morgan fingerprint density at radius 3 is 2.90 bits per heavy atom. The summed E-state index contributed by atoms with van der Waals surface area (Å²) < 4.78 is 5.03. The van der Waals surface area contributed by atoms with E-state index in [4.69, 9.17) is 10.00 Å². The number of ether oxygens (including phenoxy) is 1. The number of nitrogens with zero attached hydrogens (tertiary/aromatic N) is 2. The van der Waals surface area contributed by atoms with Crippen molar-refractivity contribution in [2.24, 2.45) is 0 Å². The minimum absolute atomic E-state index is 0.0719. The van der Waals surface area contributed by atoms with Gasteiger partial charge in [-0.3, -0.25) is 9.69 Å². The number of anilines is 1. The summed E-state index contributed by atoms with van der Waals surface area (Å²) in [6, 6.07) is 9.93. The molecular formula is C16H23N3O2. The fourth-order valence-corrected chi connectivity index (χ4v) is 1.97. The van der Waals surface area contributed by atoms with Gasteiger partial charge in [0.15, 0.2) is 0 Å². The summed E-state index contributed by atoms with van der Waals surface area (Å²) in [6.45, 7) is 4.10. The summed E-state index contributed by atoms with van der Waals surface area (Å²) in [4.78, 5) is 14.0. The van der Waals surface area contributed by atoms with Crippen LogP contribution >= 0.6 is 0 Å². The number of carbonyl (C=O) groups is 1. The fraction of sp³-hybridized carbons (Fsp3) is 0.500. The molecule has 0 saturated heterocycles. The zero-order valence-corrected chi connectivity index (χ0v) is 12.8. The molecule has 0 spiro atoms. The number of methoxy groups -OCH3 is 1. The lowest BCUT2D eigenvalue weighted by atomic mass is 10.1. The lowest BCUT2D eigenvalue weighted by molar-refractivity contribution is -0.117. The van der Waals surface area contributed by atoms with Gasteiger partial charge in [-0.25, -0.2) is 0 Å². The van der Waals surface area contributed by atoms with Crippen LogP contribution in [0, 0.1) is 11.3 Å². The molecule has 0 aliphatic carbocycles. The number of nitrogens with one attached hydrogen (secondary N) is 1. The summed E-state index contributed by atoms with van der Waals surface area (Å²) in [5.74, 6) is -0.0719. The van der Waals surface area contributed by atoms with Gasteiger partial charge in [0.1, 0.15) is 0 Å². The van der Waals surface area contributed by atoms with Gasteiger partial charge in [0.05, 0.1) is 19.2 Å². The van der Waals surface area contributed by atoms with Gasteiger partial charge < -0.3 is 10.1 Å². The van der Waals surface area contributed by atoms with Gasteiger partial charge in [-0.1, -0.05) is 19.1 Å². The molecule has 0 radical (unpaired) electrons. The molecule has 0 atom stereocenters. The maximum absolute atomic E-state index is 12.1. The second-order valence-electron chi connectivity index (χ2n) is 4.78. The van der Waals surface area contributed by atoms with Crippen LogP contribution in [-0.2, 0) is 16.0 Å². The summed E-state index contributed by atoms with van der Waals surface area (Å²) in [7, 11) is 1.62. The molecule has 1 N–H and O–H groups in total. The van der Waals surface area contributed by atoms with Crippen LogP contribution in [0.15, 0.2) is 24.3 Å². The van der Waals surface area contributed by atoms with E-state index in [0.29, 0.717) is 26.1 Å². The predicted molar refractivity (Wildman–Crippen MR) is 83.0 cm³/mol. The highest BCUT2D eigenvalue weighted by Gasteiger charge is 2.10. The van der Waals surface area contributed by atoms with Crippen molar-refractivity contribution in [2.75, 3.05) is 38.7 Å². The molecule has 114 valence electrons. The molecule has 0 aliphatic rings. The van der Waals surface area contributed by atoms with Crippen molar-refractivity contribution in [2.45, 2.75) is 19.8 Å². The summed E-state index contributed by atoms with van der Waals surface area (Å²) >= 11 is 0. The molecule has 0 aliphatic heterocycles. The van der Waals surface area contributed by atoms with Crippen LogP contribution in [0.2, 0.25) is 0 Å². The molecule has 1 aromatic rings. The average Bonchev–Trinajstić information content (AvgIpc) is 2.50. The number of nitriles is 1. The average molecular weight is 289 g/mol. The quantitative estimate of drug-likeness (QED) is 0.755. The van der Waals surface area contributed by atoms with Gasteiger partial charge in [0.25, 0.3) is 0 Å². The highest BCUT2D eigenvalue weighted by molar-refractivity contribution is 5.92. The second kappa shape index (κ2) is 9.92. The van der Waals surface area contributed by atoms with Crippen LogP contribution < -0.4 is 5.32 Å².